The summed E-state index contributed by atoms with van der Waals surface area (Å²) in [6.07, 6.45) is 3.31. The maximum atomic E-state index is 6.08. The second kappa shape index (κ2) is 5.03. The maximum Gasteiger partial charge on any atom is 0.0297 e. The SMILES string of the molecule is CCCC(N)c1ccccc1CC. The fraction of sp³-hybridized carbons (Fsp3) is 0.500. The van der Waals surface area contributed by atoms with Crippen LogP contribution in [0.3, 0.4) is 0 Å². The summed E-state index contributed by atoms with van der Waals surface area (Å²) in [4.78, 5) is 0. The van der Waals surface area contributed by atoms with Gasteiger partial charge in [0.2, 0.25) is 0 Å². The Kier molecular flexibility index (Phi) is 3.97. The second-order valence-corrected chi connectivity index (χ2v) is 3.45. The molecule has 1 rings (SSSR count). The average Bonchev–Trinajstić information content (AvgIpc) is 2.18. The first-order chi connectivity index (χ1) is 6.29. The number of hydrogen-bond donors (Lipinski definition) is 1. The lowest BCUT2D eigenvalue weighted by Gasteiger charge is -2.14. The van der Waals surface area contributed by atoms with E-state index in [2.05, 4.69) is 38.1 Å². The summed E-state index contributed by atoms with van der Waals surface area (Å²) in [7, 11) is 0. The van der Waals surface area contributed by atoms with E-state index >= 15 is 0 Å². The predicted molar refractivity (Wildman–Crippen MR) is 57.7 cm³/mol. The number of benzene rings is 1. The van der Waals surface area contributed by atoms with Gasteiger partial charge in [-0.15, -0.1) is 0 Å². The minimum Gasteiger partial charge on any atom is -0.324 e. The lowest BCUT2D eigenvalue weighted by atomic mass is 9.96. The zero-order chi connectivity index (χ0) is 9.68. The Morgan fingerprint density at radius 1 is 1.23 bits per heavy atom. The zero-order valence-electron chi connectivity index (χ0n) is 8.59. The van der Waals surface area contributed by atoms with Crippen molar-refractivity contribution in [1.29, 1.82) is 0 Å². The van der Waals surface area contributed by atoms with Gasteiger partial charge in [-0.3, -0.25) is 0 Å². The van der Waals surface area contributed by atoms with E-state index in [4.69, 9.17) is 5.73 Å². The molecule has 0 radical (unpaired) electrons. The molecule has 0 saturated heterocycles. The fourth-order valence-corrected chi connectivity index (χ4v) is 1.68. The van der Waals surface area contributed by atoms with Crippen LogP contribution in [0.2, 0.25) is 0 Å². The second-order valence-electron chi connectivity index (χ2n) is 3.45. The molecule has 0 amide bonds. The molecule has 1 aromatic rings. The predicted octanol–water partition coefficient (Wildman–Crippen LogP) is 3.05. The zero-order valence-corrected chi connectivity index (χ0v) is 8.59. The van der Waals surface area contributed by atoms with Crippen molar-refractivity contribution in [2.24, 2.45) is 5.73 Å². The van der Waals surface area contributed by atoms with Crippen LogP contribution in [-0.2, 0) is 6.42 Å². The van der Waals surface area contributed by atoms with E-state index in [1.54, 1.807) is 0 Å². The molecule has 0 fully saturated rings. The van der Waals surface area contributed by atoms with Crippen molar-refractivity contribution >= 4 is 0 Å². The van der Waals surface area contributed by atoms with Gasteiger partial charge in [-0.25, -0.2) is 0 Å². The van der Waals surface area contributed by atoms with Crippen molar-refractivity contribution in [2.45, 2.75) is 39.2 Å². The van der Waals surface area contributed by atoms with Gasteiger partial charge in [-0.05, 0) is 24.0 Å². The van der Waals surface area contributed by atoms with Crippen LogP contribution in [-0.4, -0.2) is 0 Å². The molecule has 13 heavy (non-hydrogen) atoms. The van der Waals surface area contributed by atoms with Crippen LogP contribution in [0.25, 0.3) is 0 Å². The molecular formula is C12H19N. The van der Waals surface area contributed by atoms with Crippen LogP contribution in [0, 0.1) is 0 Å². The van der Waals surface area contributed by atoms with Gasteiger partial charge in [-0.2, -0.15) is 0 Å². The van der Waals surface area contributed by atoms with Gasteiger partial charge in [-0.1, -0.05) is 44.5 Å². The van der Waals surface area contributed by atoms with Crippen LogP contribution in [0.5, 0.6) is 0 Å². The summed E-state index contributed by atoms with van der Waals surface area (Å²) < 4.78 is 0. The lowest BCUT2D eigenvalue weighted by Crippen LogP contribution is -2.11. The summed E-state index contributed by atoms with van der Waals surface area (Å²) in [5.41, 5.74) is 8.80. The highest BCUT2D eigenvalue weighted by Gasteiger charge is 2.07. The van der Waals surface area contributed by atoms with Crippen molar-refractivity contribution in [1.82, 2.24) is 0 Å². The summed E-state index contributed by atoms with van der Waals surface area (Å²) in [5, 5.41) is 0. The Balaban J connectivity index is 2.85. The van der Waals surface area contributed by atoms with Crippen LogP contribution in [0.15, 0.2) is 24.3 Å². The number of rotatable bonds is 4. The summed E-state index contributed by atoms with van der Waals surface area (Å²) in [6.45, 7) is 4.35. The van der Waals surface area contributed by atoms with E-state index in [9.17, 15) is 0 Å². The molecule has 0 aromatic heterocycles. The lowest BCUT2D eigenvalue weighted by molar-refractivity contribution is 0.633. The molecule has 1 heteroatoms. The van der Waals surface area contributed by atoms with Crippen LogP contribution >= 0.6 is 0 Å². The Morgan fingerprint density at radius 3 is 2.54 bits per heavy atom. The highest BCUT2D eigenvalue weighted by molar-refractivity contribution is 5.29. The largest absolute Gasteiger partial charge is 0.324 e. The van der Waals surface area contributed by atoms with Gasteiger partial charge in [0, 0.05) is 6.04 Å². The molecule has 0 spiro atoms. The molecule has 1 unspecified atom stereocenters. The molecule has 1 atom stereocenters. The normalized spacial score (nSPS) is 12.8. The fourth-order valence-electron chi connectivity index (χ4n) is 1.68. The molecule has 1 nitrogen and oxygen atoms in total. The third-order valence-corrected chi connectivity index (χ3v) is 2.44. The van der Waals surface area contributed by atoms with Gasteiger partial charge in [0.1, 0.15) is 0 Å². The molecular weight excluding hydrogens is 158 g/mol. The summed E-state index contributed by atoms with van der Waals surface area (Å²) >= 11 is 0. The standard InChI is InChI=1S/C12H19N/c1-3-7-12(13)11-9-6-5-8-10(11)4-2/h5-6,8-9,12H,3-4,7,13H2,1-2H3. The van der Waals surface area contributed by atoms with Crippen molar-refractivity contribution in [2.75, 3.05) is 0 Å². The molecule has 0 bridgehead atoms. The van der Waals surface area contributed by atoms with Crippen molar-refractivity contribution in [3.8, 4) is 0 Å². The van der Waals surface area contributed by atoms with Crippen LogP contribution < -0.4 is 5.73 Å². The van der Waals surface area contributed by atoms with E-state index in [1.807, 2.05) is 0 Å². The molecule has 0 aliphatic carbocycles. The van der Waals surface area contributed by atoms with Gasteiger partial charge >= 0.3 is 0 Å². The van der Waals surface area contributed by atoms with E-state index in [0.717, 1.165) is 19.3 Å². The third kappa shape index (κ3) is 2.56. The maximum absolute atomic E-state index is 6.08. The molecule has 1 aromatic carbocycles. The van der Waals surface area contributed by atoms with Crippen molar-refractivity contribution < 1.29 is 0 Å². The third-order valence-electron chi connectivity index (χ3n) is 2.44. The Morgan fingerprint density at radius 2 is 1.92 bits per heavy atom. The van der Waals surface area contributed by atoms with Crippen molar-refractivity contribution in [3.63, 3.8) is 0 Å². The number of hydrogen-bond acceptors (Lipinski definition) is 1. The van der Waals surface area contributed by atoms with Crippen LogP contribution in [0.4, 0.5) is 0 Å². The minimum atomic E-state index is 0.223. The summed E-state index contributed by atoms with van der Waals surface area (Å²) in [5.74, 6) is 0. The van der Waals surface area contributed by atoms with E-state index in [0.29, 0.717) is 0 Å². The first-order valence-corrected chi connectivity index (χ1v) is 5.13. The Bertz CT molecular complexity index is 255. The first kappa shape index (κ1) is 10.3. The molecule has 0 saturated carbocycles. The molecule has 0 heterocycles. The number of aryl methyl sites for hydroxylation is 1. The quantitative estimate of drug-likeness (QED) is 0.751. The number of nitrogens with two attached hydrogens (primary N) is 1. The summed E-state index contributed by atoms with van der Waals surface area (Å²) in [6, 6.07) is 8.70. The van der Waals surface area contributed by atoms with Gasteiger partial charge in [0.25, 0.3) is 0 Å². The molecule has 0 aliphatic rings. The highest BCUT2D eigenvalue weighted by atomic mass is 14.6. The van der Waals surface area contributed by atoms with Gasteiger partial charge in [0.05, 0.1) is 0 Å². The van der Waals surface area contributed by atoms with E-state index in [1.165, 1.54) is 11.1 Å². The molecule has 72 valence electrons. The van der Waals surface area contributed by atoms with Gasteiger partial charge < -0.3 is 5.73 Å². The molecule has 0 aliphatic heterocycles. The topological polar surface area (TPSA) is 26.0 Å². The minimum absolute atomic E-state index is 0.223. The smallest absolute Gasteiger partial charge is 0.0297 e. The molecule has 2 N–H and O–H groups in total. The Labute approximate surface area is 81.0 Å². The highest BCUT2D eigenvalue weighted by Crippen LogP contribution is 2.20. The average molecular weight is 177 g/mol. The monoisotopic (exact) mass is 177 g/mol. The van der Waals surface area contributed by atoms with E-state index < -0.39 is 0 Å². The van der Waals surface area contributed by atoms with Crippen molar-refractivity contribution in [3.05, 3.63) is 35.4 Å². The van der Waals surface area contributed by atoms with Crippen LogP contribution in [0.1, 0.15) is 43.9 Å². The Hall–Kier alpha value is -0.820. The van der Waals surface area contributed by atoms with Gasteiger partial charge in [0.15, 0.2) is 0 Å². The van der Waals surface area contributed by atoms with E-state index in [-0.39, 0.29) is 6.04 Å². The first-order valence-electron chi connectivity index (χ1n) is 5.13.